The maximum atomic E-state index is 14.2. The SMILES string of the molecule is CCOC(=O)N1CCN2CCC(C1)N(CC)C(=O)c1c(O)c(=O)c(-c3nnc(Cc4ccc(F)cc4F)s3)cn12. The van der Waals surface area contributed by atoms with Crippen LogP contribution in [0.25, 0.3) is 10.6 Å². The van der Waals surface area contributed by atoms with Gasteiger partial charge in [0.15, 0.2) is 16.5 Å². The van der Waals surface area contributed by atoms with E-state index in [1.54, 1.807) is 28.7 Å². The minimum atomic E-state index is -0.784. The van der Waals surface area contributed by atoms with E-state index in [0.717, 1.165) is 23.5 Å². The zero-order valence-electron chi connectivity index (χ0n) is 22.0. The van der Waals surface area contributed by atoms with Crippen LogP contribution in [0.4, 0.5) is 13.6 Å². The summed E-state index contributed by atoms with van der Waals surface area (Å²) in [7, 11) is 0. The fourth-order valence-corrected chi connectivity index (χ4v) is 5.93. The molecule has 11 nitrogen and oxygen atoms in total. The molecule has 1 N–H and O–H groups in total. The van der Waals surface area contributed by atoms with Gasteiger partial charge in [-0.25, -0.2) is 13.6 Å². The van der Waals surface area contributed by atoms with E-state index >= 15 is 0 Å². The number of carbonyl (C=O) groups excluding carboxylic acids is 2. The number of pyridine rings is 1. The van der Waals surface area contributed by atoms with Crippen LogP contribution in [0.5, 0.6) is 5.75 Å². The third-order valence-corrected chi connectivity index (χ3v) is 8.03. The first kappa shape index (κ1) is 27.5. The normalized spacial score (nSPS) is 17.2. The van der Waals surface area contributed by atoms with Gasteiger partial charge in [-0.1, -0.05) is 17.4 Å². The maximum Gasteiger partial charge on any atom is 0.409 e. The number of fused-ring (bicyclic) bond motifs is 5. The highest BCUT2D eigenvalue weighted by atomic mass is 32.1. The second kappa shape index (κ2) is 11.2. The minimum absolute atomic E-state index is 0.0156. The van der Waals surface area contributed by atoms with Crippen LogP contribution in [-0.4, -0.2) is 87.2 Å². The number of halogens is 2. The molecule has 1 aromatic carbocycles. The molecule has 2 bridgehead atoms. The molecule has 2 aliphatic rings. The molecule has 1 unspecified atom stereocenters. The average Bonchev–Trinajstić information content (AvgIpc) is 3.37. The van der Waals surface area contributed by atoms with Crippen molar-refractivity contribution in [3.63, 3.8) is 0 Å². The zero-order valence-corrected chi connectivity index (χ0v) is 22.8. The van der Waals surface area contributed by atoms with E-state index in [9.17, 15) is 28.3 Å². The highest BCUT2D eigenvalue weighted by Crippen LogP contribution is 2.29. The number of rotatable bonds is 5. The number of ether oxygens (including phenoxy) is 1. The first-order valence-corrected chi connectivity index (χ1v) is 13.8. The summed E-state index contributed by atoms with van der Waals surface area (Å²) in [6.07, 6.45) is 1.55. The predicted octanol–water partition coefficient (Wildman–Crippen LogP) is 2.59. The van der Waals surface area contributed by atoms with Gasteiger partial charge in [0.2, 0.25) is 5.43 Å². The molecule has 14 heteroatoms. The molecule has 2 amide bonds. The second-order valence-electron chi connectivity index (χ2n) is 9.46. The van der Waals surface area contributed by atoms with Crippen LogP contribution in [-0.2, 0) is 11.2 Å². The topological polar surface area (TPSA) is 121 Å². The monoisotopic (exact) mass is 574 g/mol. The molecular weight excluding hydrogens is 546 g/mol. The van der Waals surface area contributed by atoms with Crippen molar-refractivity contribution in [1.82, 2.24) is 24.7 Å². The fraction of sp³-hybridized carbons (Fsp3) is 0.423. The van der Waals surface area contributed by atoms with Crippen LogP contribution >= 0.6 is 11.3 Å². The van der Waals surface area contributed by atoms with Crippen LogP contribution in [0.2, 0.25) is 0 Å². The van der Waals surface area contributed by atoms with E-state index < -0.39 is 34.8 Å². The Bertz CT molecular complexity index is 1510. The lowest BCUT2D eigenvalue weighted by Gasteiger charge is -2.43. The molecule has 2 aliphatic heterocycles. The lowest BCUT2D eigenvalue weighted by Crippen LogP contribution is -2.58. The highest BCUT2D eigenvalue weighted by Gasteiger charge is 2.37. The standard InChI is InChI=1S/C26H28F2N6O5S/c1-3-33-17-7-8-32(10-9-31(13-17)26(38)39-4-2)34-14-18(22(35)23(36)21(34)25(33)37)24-30-29-20(40-24)11-15-5-6-16(27)12-19(15)28/h5-6,12,14,17,36H,3-4,7-11,13H2,1-2H3. The van der Waals surface area contributed by atoms with Crippen LogP contribution in [0.15, 0.2) is 29.2 Å². The first-order chi connectivity index (χ1) is 19.2. The first-order valence-electron chi connectivity index (χ1n) is 12.9. The molecule has 0 saturated carbocycles. The smallest absolute Gasteiger partial charge is 0.409 e. The molecule has 2 aromatic heterocycles. The van der Waals surface area contributed by atoms with Crippen molar-refractivity contribution in [1.29, 1.82) is 0 Å². The fourth-order valence-electron chi connectivity index (χ4n) is 5.06. The minimum Gasteiger partial charge on any atom is -0.502 e. The number of aromatic hydroxyl groups is 1. The van der Waals surface area contributed by atoms with Crippen molar-refractivity contribution in [2.45, 2.75) is 32.7 Å². The van der Waals surface area contributed by atoms with E-state index in [2.05, 4.69) is 10.2 Å². The Kier molecular flexibility index (Phi) is 7.70. The third-order valence-electron chi connectivity index (χ3n) is 7.07. The summed E-state index contributed by atoms with van der Waals surface area (Å²) in [5.41, 5.74) is -0.716. The second-order valence-corrected chi connectivity index (χ2v) is 10.5. The average molecular weight is 575 g/mol. The van der Waals surface area contributed by atoms with Gasteiger partial charge < -0.3 is 24.7 Å². The van der Waals surface area contributed by atoms with E-state index in [-0.39, 0.29) is 47.4 Å². The third kappa shape index (κ3) is 5.10. The van der Waals surface area contributed by atoms with Gasteiger partial charge in [-0.05, 0) is 31.9 Å². The number of benzene rings is 1. The van der Waals surface area contributed by atoms with Crippen molar-refractivity contribution in [3.8, 4) is 16.3 Å². The quantitative estimate of drug-likeness (QED) is 0.494. The summed E-state index contributed by atoms with van der Waals surface area (Å²) < 4.78 is 34.1. The number of likely N-dealkylation sites (N-methyl/N-ethyl adjacent to an activating group) is 1. The van der Waals surface area contributed by atoms with Gasteiger partial charge in [0.1, 0.15) is 16.6 Å². The van der Waals surface area contributed by atoms with Crippen molar-refractivity contribution >= 4 is 23.3 Å². The molecule has 1 atom stereocenters. The molecule has 3 aromatic rings. The molecule has 212 valence electrons. The highest BCUT2D eigenvalue weighted by molar-refractivity contribution is 7.14. The van der Waals surface area contributed by atoms with Crippen molar-refractivity contribution in [3.05, 3.63) is 62.5 Å². The van der Waals surface area contributed by atoms with E-state index in [4.69, 9.17) is 4.74 Å². The lowest BCUT2D eigenvalue weighted by molar-refractivity contribution is 0.0529. The Morgan fingerprint density at radius 3 is 2.70 bits per heavy atom. The van der Waals surface area contributed by atoms with Crippen molar-refractivity contribution in [2.75, 3.05) is 44.3 Å². The molecule has 1 fully saturated rings. The van der Waals surface area contributed by atoms with E-state index in [1.165, 1.54) is 16.9 Å². The van der Waals surface area contributed by atoms with E-state index in [1.807, 2.05) is 0 Å². The maximum absolute atomic E-state index is 14.2. The number of hydrogen-bond donors (Lipinski definition) is 1. The van der Waals surface area contributed by atoms with Crippen LogP contribution in [0.3, 0.4) is 0 Å². The van der Waals surface area contributed by atoms with Gasteiger partial charge in [0.05, 0.1) is 24.8 Å². The van der Waals surface area contributed by atoms with Gasteiger partial charge >= 0.3 is 6.09 Å². The number of carbonyl (C=O) groups is 2. The molecule has 0 spiro atoms. The molecule has 40 heavy (non-hydrogen) atoms. The lowest BCUT2D eigenvalue weighted by atomic mass is 10.1. The molecule has 1 saturated heterocycles. The summed E-state index contributed by atoms with van der Waals surface area (Å²) >= 11 is 1.03. The van der Waals surface area contributed by atoms with Crippen LogP contribution in [0.1, 0.15) is 41.3 Å². The summed E-state index contributed by atoms with van der Waals surface area (Å²) in [5.74, 6) is -2.66. The largest absolute Gasteiger partial charge is 0.502 e. The Balaban J connectivity index is 1.55. The molecule has 0 aliphatic carbocycles. The summed E-state index contributed by atoms with van der Waals surface area (Å²) in [6, 6.07) is 2.90. The molecule has 0 radical (unpaired) electrons. The summed E-state index contributed by atoms with van der Waals surface area (Å²) in [4.78, 5) is 42.8. The number of aromatic nitrogens is 3. The van der Waals surface area contributed by atoms with Gasteiger partial charge in [-0.3, -0.25) is 14.3 Å². The number of hydrogen-bond acceptors (Lipinski definition) is 9. The Morgan fingerprint density at radius 1 is 1.18 bits per heavy atom. The van der Waals surface area contributed by atoms with Gasteiger partial charge in [-0.15, -0.1) is 10.2 Å². The Labute approximate surface area is 232 Å². The number of nitrogens with zero attached hydrogens (tertiary/aromatic N) is 6. The van der Waals surface area contributed by atoms with Gasteiger partial charge in [0, 0.05) is 44.9 Å². The summed E-state index contributed by atoms with van der Waals surface area (Å²) in [6.45, 7) is 5.42. The van der Waals surface area contributed by atoms with Crippen molar-refractivity contribution < 1.29 is 28.2 Å². The van der Waals surface area contributed by atoms with Gasteiger partial charge in [-0.2, -0.15) is 0 Å². The van der Waals surface area contributed by atoms with Crippen molar-refractivity contribution in [2.24, 2.45) is 0 Å². The Morgan fingerprint density at radius 2 is 1.98 bits per heavy atom. The summed E-state index contributed by atoms with van der Waals surface area (Å²) in [5, 5.41) is 21.6. The predicted molar refractivity (Wildman–Crippen MR) is 142 cm³/mol. The number of amides is 2. The molecule has 5 rings (SSSR count). The Hall–Kier alpha value is -4.07. The van der Waals surface area contributed by atoms with Crippen LogP contribution < -0.4 is 10.4 Å². The van der Waals surface area contributed by atoms with Gasteiger partial charge in [0.25, 0.3) is 5.91 Å². The molecule has 4 heterocycles. The zero-order chi connectivity index (χ0) is 28.6. The van der Waals surface area contributed by atoms with E-state index in [0.29, 0.717) is 37.6 Å². The molecular formula is C26H28F2N6O5S. The van der Waals surface area contributed by atoms with Crippen LogP contribution in [0, 0.1) is 11.6 Å².